The van der Waals surface area contributed by atoms with E-state index in [1.54, 1.807) is 6.07 Å². The van der Waals surface area contributed by atoms with Crippen molar-refractivity contribution in [2.75, 3.05) is 18.0 Å². The Morgan fingerprint density at radius 1 is 1.14 bits per heavy atom. The molecular formula is C14H19N5O2. The smallest absolute Gasteiger partial charge is 0.245 e. The third-order valence-corrected chi connectivity index (χ3v) is 3.56. The van der Waals surface area contributed by atoms with E-state index in [2.05, 4.69) is 39.2 Å². The van der Waals surface area contributed by atoms with Crippen LogP contribution in [-0.4, -0.2) is 50.6 Å². The Kier molecular flexibility index (Phi) is 3.42. The Labute approximate surface area is 122 Å². The normalized spacial score (nSPS) is 22.5. The number of phenolic OH excluding ortho intramolecular Hbond substituents is 2. The number of nitrogens with one attached hydrogen (secondary N) is 2. The average Bonchev–Trinajstić information content (AvgIpc) is 2.90. The molecule has 0 saturated carbocycles. The van der Waals surface area contributed by atoms with Crippen LogP contribution < -0.4 is 10.2 Å². The van der Waals surface area contributed by atoms with Gasteiger partial charge in [0.05, 0.1) is 0 Å². The number of phenols is 2. The number of benzene rings is 1. The molecule has 0 amide bonds. The Hall–Kier alpha value is -2.28. The van der Waals surface area contributed by atoms with Crippen molar-refractivity contribution in [3.63, 3.8) is 0 Å². The number of hydrogen-bond acceptors (Lipinski definition) is 6. The van der Waals surface area contributed by atoms with Gasteiger partial charge in [-0.25, -0.2) is 0 Å². The van der Waals surface area contributed by atoms with Crippen LogP contribution in [0.1, 0.15) is 13.8 Å². The maximum absolute atomic E-state index is 9.56. The van der Waals surface area contributed by atoms with Gasteiger partial charge in [-0.2, -0.15) is 4.98 Å². The summed E-state index contributed by atoms with van der Waals surface area (Å²) in [5, 5.41) is 29.5. The highest BCUT2D eigenvalue weighted by Gasteiger charge is 2.23. The first kappa shape index (κ1) is 13.7. The van der Waals surface area contributed by atoms with E-state index in [0.29, 0.717) is 29.4 Å². The lowest BCUT2D eigenvalue weighted by Gasteiger charge is -2.35. The van der Waals surface area contributed by atoms with Crippen molar-refractivity contribution >= 4 is 5.95 Å². The van der Waals surface area contributed by atoms with Crippen LogP contribution in [0.3, 0.4) is 0 Å². The minimum absolute atomic E-state index is 0.150. The van der Waals surface area contributed by atoms with Gasteiger partial charge in [0.15, 0.2) is 17.3 Å². The first-order valence-corrected chi connectivity index (χ1v) is 6.98. The summed E-state index contributed by atoms with van der Waals surface area (Å²) in [6.45, 7) is 5.97. The minimum Gasteiger partial charge on any atom is -0.504 e. The van der Waals surface area contributed by atoms with Crippen LogP contribution in [0.15, 0.2) is 18.2 Å². The van der Waals surface area contributed by atoms with E-state index >= 15 is 0 Å². The largest absolute Gasteiger partial charge is 0.504 e. The van der Waals surface area contributed by atoms with Gasteiger partial charge < -0.3 is 20.4 Å². The molecule has 4 N–H and O–H groups in total. The fraction of sp³-hybridized carbons (Fsp3) is 0.429. The molecule has 1 aliphatic rings. The molecular weight excluding hydrogens is 270 g/mol. The Bertz CT molecular complexity index is 632. The van der Waals surface area contributed by atoms with Crippen molar-refractivity contribution in [2.24, 2.45) is 0 Å². The van der Waals surface area contributed by atoms with Gasteiger partial charge in [0.25, 0.3) is 0 Å². The maximum atomic E-state index is 9.56. The standard InChI is InChI=1S/C14H19N5O2/c1-8-6-19(7-9(2)15-8)14-16-13(17-18-14)10-3-4-11(20)12(21)5-10/h3-5,8-9,15,20-21H,6-7H2,1-2H3,(H,16,17,18). The van der Waals surface area contributed by atoms with Gasteiger partial charge in [-0.15, -0.1) is 5.10 Å². The van der Waals surface area contributed by atoms with Crippen LogP contribution >= 0.6 is 0 Å². The lowest BCUT2D eigenvalue weighted by molar-refractivity contribution is 0.403. The van der Waals surface area contributed by atoms with E-state index in [-0.39, 0.29) is 11.5 Å². The number of hydrogen-bond donors (Lipinski definition) is 4. The van der Waals surface area contributed by atoms with Gasteiger partial charge in [-0.05, 0) is 32.0 Å². The molecule has 1 saturated heterocycles. The van der Waals surface area contributed by atoms with Crippen LogP contribution in [-0.2, 0) is 0 Å². The van der Waals surface area contributed by atoms with Gasteiger partial charge in [0.1, 0.15) is 0 Å². The molecule has 2 heterocycles. The first-order valence-electron chi connectivity index (χ1n) is 6.98. The van der Waals surface area contributed by atoms with E-state index in [9.17, 15) is 10.2 Å². The van der Waals surface area contributed by atoms with Crippen LogP contribution in [0.25, 0.3) is 11.4 Å². The van der Waals surface area contributed by atoms with Gasteiger partial charge in [0.2, 0.25) is 5.95 Å². The molecule has 0 aliphatic carbocycles. The summed E-state index contributed by atoms with van der Waals surface area (Å²) in [4.78, 5) is 6.61. The van der Waals surface area contributed by atoms with Gasteiger partial charge in [-0.3, -0.25) is 5.10 Å². The molecule has 2 atom stereocenters. The van der Waals surface area contributed by atoms with Crippen molar-refractivity contribution in [3.05, 3.63) is 18.2 Å². The summed E-state index contributed by atoms with van der Waals surface area (Å²) in [6.07, 6.45) is 0. The molecule has 21 heavy (non-hydrogen) atoms. The third kappa shape index (κ3) is 2.78. The van der Waals surface area contributed by atoms with E-state index < -0.39 is 0 Å². The molecule has 7 nitrogen and oxygen atoms in total. The Morgan fingerprint density at radius 3 is 2.52 bits per heavy atom. The second-order valence-electron chi connectivity index (χ2n) is 5.56. The predicted octanol–water partition coefficient (Wildman–Crippen LogP) is 1.07. The zero-order valence-electron chi connectivity index (χ0n) is 12.0. The second-order valence-corrected chi connectivity index (χ2v) is 5.56. The summed E-state index contributed by atoms with van der Waals surface area (Å²) in [6, 6.07) is 5.34. The van der Waals surface area contributed by atoms with Crippen LogP contribution in [0.5, 0.6) is 11.5 Å². The number of H-pyrrole nitrogens is 1. The average molecular weight is 289 g/mol. The summed E-state index contributed by atoms with van der Waals surface area (Å²) in [5.41, 5.74) is 0.681. The maximum Gasteiger partial charge on any atom is 0.245 e. The topological polar surface area (TPSA) is 97.3 Å². The number of nitrogens with zero attached hydrogens (tertiary/aromatic N) is 3. The van der Waals surface area contributed by atoms with Crippen molar-refractivity contribution in [1.29, 1.82) is 0 Å². The fourth-order valence-corrected chi connectivity index (χ4v) is 2.68. The molecule has 0 bridgehead atoms. The highest BCUT2D eigenvalue weighted by molar-refractivity contribution is 5.61. The van der Waals surface area contributed by atoms with Gasteiger partial charge >= 0.3 is 0 Å². The summed E-state index contributed by atoms with van der Waals surface area (Å²) in [7, 11) is 0. The first-order chi connectivity index (χ1) is 10.0. The van der Waals surface area contributed by atoms with Crippen molar-refractivity contribution in [3.8, 4) is 22.9 Å². The van der Waals surface area contributed by atoms with Crippen LogP contribution in [0.2, 0.25) is 0 Å². The quantitative estimate of drug-likeness (QED) is 0.617. The van der Waals surface area contributed by atoms with Gasteiger partial charge in [-0.1, -0.05) is 0 Å². The molecule has 7 heteroatoms. The number of piperazine rings is 1. The lowest BCUT2D eigenvalue weighted by atomic mass is 10.1. The monoisotopic (exact) mass is 289 g/mol. The van der Waals surface area contributed by atoms with E-state index in [1.807, 2.05) is 0 Å². The van der Waals surface area contributed by atoms with Crippen molar-refractivity contribution in [1.82, 2.24) is 20.5 Å². The zero-order valence-corrected chi connectivity index (χ0v) is 12.0. The third-order valence-electron chi connectivity index (χ3n) is 3.56. The molecule has 1 aromatic heterocycles. The summed E-state index contributed by atoms with van der Waals surface area (Å²) in [5.74, 6) is 0.898. The van der Waals surface area contributed by atoms with E-state index in [0.717, 1.165) is 13.1 Å². The minimum atomic E-state index is -0.171. The van der Waals surface area contributed by atoms with E-state index in [4.69, 9.17) is 0 Å². The molecule has 1 aliphatic heterocycles. The number of rotatable bonds is 2. The van der Waals surface area contributed by atoms with Gasteiger partial charge in [0, 0.05) is 30.7 Å². The number of aromatic hydroxyl groups is 2. The van der Waals surface area contributed by atoms with Crippen molar-refractivity contribution < 1.29 is 10.2 Å². The predicted molar refractivity (Wildman–Crippen MR) is 79.4 cm³/mol. The molecule has 112 valence electrons. The van der Waals surface area contributed by atoms with Crippen LogP contribution in [0.4, 0.5) is 5.95 Å². The Balaban J connectivity index is 1.84. The van der Waals surface area contributed by atoms with Crippen molar-refractivity contribution in [2.45, 2.75) is 25.9 Å². The SMILES string of the molecule is CC1CN(c2n[nH]c(-c3ccc(O)c(O)c3)n2)CC(C)N1. The second kappa shape index (κ2) is 5.25. The molecule has 1 aromatic carbocycles. The van der Waals surface area contributed by atoms with E-state index in [1.165, 1.54) is 12.1 Å². The highest BCUT2D eigenvalue weighted by atomic mass is 16.3. The molecule has 3 rings (SSSR count). The Morgan fingerprint density at radius 2 is 1.86 bits per heavy atom. The number of anilines is 1. The molecule has 0 radical (unpaired) electrons. The molecule has 0 spiro atoms. The summed E-state index contributed by atoms with van der Waals surface area (Å²) < 4.78 is 0. The molecule has 2 aromatic rings. The number of aromatic amines is 1. The fourth-order valence-electron chi connectivity index (χ4n) is 2.68. The lowest BCUT2D eigenvalue weighted by Crippen LogP contribution is -2.54. The molecule has 2 unspecified atom stereocenters. The summed E-state index contributed by atoms with van der Waals surface area (Å²) >= 11 is 0. The molecule has 1 fully saturated rings. The zero-order chi connectivity index (χ0) is 15.0. The number of aromatic nitrogens is 3. The highest BCUT2D eigenvalue weighted by Crippen LogP contribution is 2.29. The van der Waals surface area contributed by atoms with Crippen LogP contribution in [0, 0.1) is 0 Å².